The maximum absolute atomic E-state index is 14.2. The first-order chi connectivity index (χ1) is 18.1. The second-order valence-corrected chi connectivity index (χ2v) is 10.2. The van der Waals surface area contributed by atoms with Crippen LogP contribution < -0.4 is 5.73 Å². The van der Waals surface area contributed by atoms with Crippen LogP contribution >= 0.6 is 0 Å². The van der Waals surface area contributed by atoms with Crippen molar-refractivity contribution in [1.29, 1.82) is 0 Å². The summed E-state index contributed by atoms with van der Waals surface area (Å²) in [6.45, 7) is 3.36. The van der Waals surface area contributed by atoms with Crippen LogP contribution in [0.1, 0.15) is 30.5 Å². The maximum atomic E-state index is 14.2. The van der Waals surface area contributed by atoms with Crippen LogP contribution in [0.4, 0.5) is 13.2 Å². The Morgan fingerprint density at radius 3 is 2.47 bits per heavy atom. The second-order valence-electron chi connectivity index (χ2n) is 10.2. The standard InChI is InChI=1S/C27H31F3N6O2/c1-26(15-37-2,16-38-3)20-6-4-5-17-7-9-21(32-23(17)20)25-34-33-22-10-8-18(13-36(22)25)24(27(28,29)30)35-12-11-19(31)14-35/h4-10,13,19,24H,11-12,14-16,31H2,1-3H3. The average molecular weight is 529 g/mol. The van der Waals surface area contributed by atoms with Crippen LogP contribution in [0.25, 0.3) is 28.1 Å². The summed E-state index contributed by atoms with van der Waals surface area (Å²) in [5, 5.41) is 9.41. The lowest BCUT2D eigenvalue weighted by molar-refractivity contribution is -0.183. The number of nitrogens with zero attached hydrogens (tertiary/aromatic N) is 5. The van der Waals surface area contributed by atoms with Crippen LogP contribution in [0.5, 0.6) is 0 Å². The maximum Gasteiger partial charge on any atom is 0.408 e. The number of halogens is 3. The number of fused-ring (bicyclic) bond motifs is 2. The highest BCUT2D eigenvalue weighted by molar-refractivity contribution is 5.85. The molecule has 5 rings (SSSR count). The number of nitrogens with two attached hydrogens (primary N) is 1. The summed E-state index contributed by atoms with van der Waals surface area (Å²) in [6, 6.07) is 10.6. The van der Waals surface area contributed by atoms with Gasteiger partial charge in [0.1, 0.15) is 11.7 Å². The van der Waals surface area contributed by atoms with Crippen LogP contribution in [-0.4, -0.2) is 77.2 Å². The highest BCUT2D eigenvalue weighted by Crippen LogP contribution is 2.40. The molecule has 3 aromatic heterocycles. The Balaban J connectivity index is 1.62. The van der Waals surface area contributed by atoms with Gasteiger partial charge in [-0.15, -0.1) is 10.2 Å². The molecule has 0 aliphatic carbocycles. The number of benzene rings is 1. The highest BCUT2D eigenvalue weighted by atomic mass is 19.4. The van der Waals surface area contributed by atoms with Crippen molar-refractivity contribution >= 4 is 16.6 Å². The molecule has 4 heterocycles. The molecule has 4 aromatic rings. The van der Waals surface area contributed by atoms with Gasteiger partial charge < -0.3 is 15.2 Å². The molecule has 0 bridgehead atoms. The van der Waals surface area contributed by atoms with Crippen molar-refractivity contribution in [2.45, 2.75) is 37.0 Å². The average Bonchev–Trinajstić information content (AvgIpc) is 3.48. The van der Waals surface area contributed by atoms with E-state index in [1.165, 1.54) is 17.2 Å². The van der Waals surface area contributed by atoms with Crippen molar-refractivity contribution in [3.8, 4) is 11.5 Å². The van der Waals surface area contributed by atoms with E-state index in [0.717, 1.165) is 16.5 Å². The highest BCUT2D eigenvalue weighted by Gasteiger charge is 2.46. The first-order valence-electron chi connectivity index (χ1n) is 12.4. The Hall–Kier alpha value is -3.12. The lowest BCUT2D eigenvalue weighted by Gasteiger charge is -2.30. The fourth-order valence-electron chi connectivity index (χ4n) is 5.49. The molecule has 38 heavy (non-hydrogen) atoms. The van der Waals surface area contributed by atoms with Gasteiger partial charge in [-0.25, -0.2) is 4.98 Å². The van der Waals surface area contributed by atoms with Gasteiger partial charge in [0, 0.05) is 50.3 Å². The number of para-hydroxylation sites is 1. The van der Waals surface area contributed by atoms with Gasteiger partial charge in [0.05, 0.1) is 18.7 Å². The Morgan fingerprint density at radius 1 is 1.05 bits per heavy atom. The zero-order valence-corrected chi connectivity index (χ0v) is 21.6. The van der Waals surface area contributed by atoms with Crippen molar-refractivity contribution in [1.82, 2.24) is 24.5 Å². The third kappa shape index (κ3) is 4.86. The van der Waals surface area contributed by atoms with Crippen molar-refractivity contribution in [2.75, 3.05) is 40.5 Å². The molecule has 1 fully saturated rings. The van der Waals surface area contributed by atoms with Crippen LogP contribution in [0, 0.1) is 0 Å². The summed E-state index contributed by atoms with van der Waals surface area (Å²) in [5.41, 5.74) is 8.18. The SMILES string of the molecule is COCC(C)(COC)c1cccc2ccc(-c3nnc4ccc(C(N5CCC(N)C5)C(F)(F)F)cn34)nc12. The predicted molar refractivity (Wildman–Crippen MR) is 138 cm³/mol. The molecule has 8 nitrogen and oxygen atoms in total. The molecule has 0 radical (unpaired) electrons. The zero-order chi connectivity index (χ0) is 27.1. The summed E-state index contributed by atoms with van der Waals surface area (Å²) in [7, 11) is 3.28. The topological polar surface area (TPSA) is 90.8 Å². The van der Waals surface area contributed by atoms with E-state index in [9.17, 15) is 13.2 Å². The molecule has 1 aromatic carbocycles. The quantitative estimate of drug-likeness (QED) is 0.368. The van der Waals surface area contributed by atoms with Crippen LogP contribution in [0.3, 0.4) is 0 Å². The molecule has 2 N–H and O–H groups in total. The van der Waals surface area contributed by atoms with Gasteiger partial charge >= 0.3 is 6.18 Å². The molecule has 2 unspecified atom stereocenters. The van der Waals surface area contributed by atoms with E-state index in [4.69, 9.17) is 20.2 Å². The molecule has 202 valence electrons. The van der Waals surface area contributed by atoms with E-state index in [-0.39, 0.29) is 24.7 Å². The van der Waals surface area contributed by atoms with Gasteiger partial charge in [-0.3, -0.25) is 9.30 Å². The zero-order valence-electron chi connectivity index (χ0n) is 21.6. The molecule has 1 saturated heterocycles. The Kier molecular flexibility index (Phi) is 7.12. The number of ether oxygens (including phenoxy) is 2. The third-order valence-corrected chi connectivity index (χ3v) is 7.20. The molecule has 11 heteroatoms. The summed E-state index contributed by atoms with van der Waals surface area (Å²) in [5.74, 6) is 0.359. The Morgan fingerprint density at radius 2 is 1.82 bits per heavy atom. The first kappa shape index (κ1) is 26.5. The fourth-order valence-corrected chi connectivity index (χ4v) is 5.49. The smallest absolute Gasteiger partial charge is 0.384 e. The summed E-state index contributed by atoms with van der Waals surface area (Å²) in [6.07, 6.45) is -2.47. The minimum Gasteiger partial charge on any atom is -0.384 e. The number of hydrogen-bond donors (Lipinski definition) is 1. The lowest BCUT2D eigenvalue weighted by Crippen LogP contribution is -2.38. The van der Waals surface area contributed by atoms with Gasteiger partial charge in [-0.05, 0) is 29.7 Å². The van der Waals surface area contributed by atoms with Gasteiger partial charge in [-0.1, -0.05) is 37.3 Å². The van der Waals surface area contributed by atoms with Gasteiger partial charge in [0.2, 0.25) is 0 Å². The summed E-state index contributed by atoms with van der Waals surface area (Å²) in [4.78, 5) is 6.32. The van der Waals surface area contributed by atoms with Crippen molar-refractivity contribution in [2.24, 2.45) is 5.73 Å². The fraction of sp³-hybridized carbons (Fsp3) is 0.444. The molecular weight excluding hydrogens is 497 g/mol. The van der Waals surface area contributed by atoms with Crippen LogP contribution in [-0.2, 0) is 14.9 Å². The van der Waals surface area contributed by atoms with Crippen LogP contribution in [0.2, 0.25) is 0 Å². The largest absolute Gasteiger partial charge is 0.408 e. The van der Waals surface area contributed by atoms with E-state index in [0.29, 0.717) is 36.8 Å². The number of hydrogen-bond acceptors (Lipinski definition) is 7. The third-order valence-electron chi connectivity index (χ3n) is 7.20. The summed E-state index contributed by atoms with van der Waals surface area (Å²) < 4.78 is 55.3. The number of aromatic nitrogens is 4. The van der Waals surface area contributed by atoms with Crippen LogP contribution in [0.15, 0.2) is 48.7 Å². The van der Waals surface area contributed by atoms with Crippen molar-refractivity contribution in [3.63, 3.8) is 0 Å². The molecule has 0 saturated carbocycles. The number of alkyl halides is 3. The van der Waals surface area contributed by atoms with Crippen molar-refractivity contribution < 1.29 is 22.6 Å². The van der Waals surface area contributed by atoms with E-state index in [1.54, 1.807) is 30.8 Å². The molecule has 1 aliphatic rings. The normalized spacial score (nSPS) is 18.0. The van der Waals surface area contributed by atoms with Gasteiger partial charge in [0.15, 0.2) is 11.5 Å². The number of pyridine rings is 2. The van der Waals surface area contributed by atoms with Crippen molar-refractivity contribution in [3.05, 3.63) is 59.8 Å². The minimum atomic E-state index is -4.46. The molecule has 0 amide bonds. The molecule has 1 aliphatic heterocycles. The van der Waals surface area contributed by atoms with E-state index in [2.05, 4.69) is 10.2 Å². The molecule has 0 spiro atoms. The predicted octanol–water partition coefficient (Wildman–Crippen LogP) is 4.13. The van der Waals surface area contributed by atoms with Gasteiger partial charge in [-0.2, -0.15) is 13.2 Å². The van der Waals surface area contributed by atoms with E-state index < -0.39 is 17.6 Å². The minimum absolute atomic E-state index is 0.106. The number of likely N-dealkylation sites (tertiary alicyclic amines) is 1. The lowest BCUT2D eigenvalue weighted by atomic mass is 9.82. The van der Waals surface area contributed by atoms with E-state index >= 15 is 0 Å². The number of rotatable bonds is 8. The number of methoxy groups -OCH3 is 2. The summed E-state index contributed by atoms with van der Waals surface area (Å²) >= 11 is 0. The monoisotopic (exact) mass is 528 g/mol. The Bertz CT molecular complexity index is 1430. The molecule has 2 atom stereocenters. The van der Waals surface area contributed by atoms with E-state index in [1.807, 2.05) is 31.2 Å². The Labute approximate surface area is 218 Å². The second kappa shape index (κ2) is 10.2. The first-order valence-corrected chi connectivity index (χ1v) is 12.4. The molecular formula is C27H31F3N6O2. The van der Waals surface area contributed by atoms with Gasteiger partial charge in [0.25, 0.3) is 0 Å².